The van der Waals surface area contributed by atoms with Crippen molar-refractivity contribution in [2.45, 2.75) is 18.4 Å². The van der Waals surface area contributed by atoms with Gasteiger partial charge >= 0.3 is 0 Å². The van der Waals surface area contributed by atoms with Gasteiger partial charge in [-0.15, -0.1) is 0 Å². The van der Waals surface area contributed by atoms with Crippen LogP contribution < -0.4 is 5.73 Å². The fourth-order valence-electron chi connectivity index (χ4n) is 2.10. The highest BCUT2D eigenvalue weighted by Gasteiger charge is 2.41. The first-order valence-corrected chi connectivity index (χ1v) is 5.40. The van der Waals surface area contributed by atoms with Crippen molar-refractivity contribution in [1.82, 2.24) is 9.78 Å². The second-order valence-electron chi connectivity index (χ2n) is 4.27. The molecule has 1 aromatic heterocycles. The molecule has 0 saturated heterocycles. The molecule has 1 aliphatic rings. The lowest BCUT2D eigenvalue weighted by Gasteiger charge is -2.11. The van der Waals surface area contributed by atoms with Crippen molar-refractivity contribution >= 4 is 22.5 Å². The lowest BCUT2D eigenvalue weighted by molar-refractivity contribution is 0.726. The minimum atomic E-state index is -0.142. The summed E-state index contributed by atoms with van der Waals surface area (Å²) in [5.41, 5.74) is 8.33. The monoisotopic (exact) mass is 221 g/mol. The SMILES string of the molecule is Cn1nc(Cl)c2cccc(C3(N)CC3)c21. The first-order chi connectivity index (χ1) is 7.12. The number of aromatic nitrogens is 2. The van der Waals surface area contributed by atoms with Gasteiger partial charge in [0.1, 0.15) is 0 Å². The van der Waals surface area contributed by atoms with Crippen LogP contribution in [-0.4, -0.2) is 9.78 Å². The number of hydrogen-bond acceptors (Lipinski definition) is 2. The van der Waals surface area contributed by atoms with Crippen LogP contribution in [0.25, 0.3) is 10.9 Å². The maximum atomic E-state index is 6.23. The van der Waals surface area contributed by atoms with E-state index >= 15 is 0 Å². The molecule has 1 fully saturated rings. The van der Waals surface area contributed by atoms with Crippen LogP contribution in [0.3, 0.4) is 0 Å². The fraction of sp³-hybridized carbons (Fsp3) is 0.364. The van der Waals surface area contributed by atoms with Crippen molar-refractivity contribution in [2.75, 3.05) is 0 Å². The Hall–Kier alpha value is -1.06. The van der Waals surface area contributed by atoms with Gasteiger partial charge in [-0.25, -0.2) is 0 Å². The molecule has 0 unspecified atom stereocenters. The maximum Gasteiger partial charge on any atom is 0.158 e. The van der Waals surface area contributed by atoms with E-state index in [-0.39, 0.29) is 5.54 Å². The van der Waals surface area contributed by atoms with Gasteiger partial charge in [0.15, 0.2) is 5.15 Å². The minimum absolute atomic E-state index is 0.142. The summed E-state index contributed by atoms with van der Waals surface area (Å²) in [6.07, 6.45) is 2.10. The van der Waals surface area contributed by atoms with Gasteiger partial charge in [0.25, 0.3) is 0 Å². The van der Waals surface area contributed by atoms with Crippen molar-refractivity contribution in [3.63, 3.8) is 0 Å². The third kappa shape index (κ3) is 1.20. The van der Waals surface area contributed by atoms with Gasteiger partial charge in [0.05, 0.1) is 5.52 Å². The molecular weight excluding hydrogens is 210 g/mol. The molecule has 3 rings (SSSR count). The summed E-state index contributed by atoms with van der Waals surface area (Å²) >= 11 is 6.05. The van der Waals surface area contributed by atoms with Crippen LogP contribution in [0.4, 0.5) is 0 Å². The predicted octanol–water partition coefficient (Wildman–Crippen LogP) is 2.17. The highest BCUT2D eigenvalue weighted by Crippen LogP contribution is 2.45. The fourth-order valence-corrected chi connectivity index (χ4v) is 2.37. The minimum Gasteiger partial charge on any atom is -0.321 e. The molecule has 1 aromatic carbocycles. The first kappa shape index (κ1) is 9.19. The smallest absolute Gasteiger partial charge is 0.158 e. The molecule has 0 aliphatic heterocycles. The summed E-state index contributed by atoms with van der Waals surface area (Å²) in [5.74, 6) is 0. The summed E-state index contributed by atoms with van der Waals surface area (Å²) in [7, 11) is 1.91. The lowest BCUT2D eigenvalue weighted by Crippen LogP contribution is -2.19. The zero-order valence-electron chi connectivity index (χ0n) is 8.50. The largest absolute Gasteiger partial charge is 0.321 e. The van der Waals surface area contributed by atoms with E-state index in [4.69, 9.17) is 17.3 Å². The molecule has 0 bridgehead atoms. The molecule has 2 N–H and O–H groups in total. The summed E-state index contributed by atoms with van der Waals surface area (Å²) in [5, 5.41) is 5.77. The Bertz CT molecular complexity index is 540. The lowest BCUT2D eigenvalue weighted by atomic mass is 10.0. The number of fused-ring (bicyclic) bond motifs is 1. The molecular formula is C11H12ClN3. The molecule has 1 aliphatic carbocycles. The Balaban J connectivity index is 2.39. The number of nitrogens with zero attached hydrogens (tertiary/aromatic N) is 2. The number of para-hydroxylation sites is 1. The van der Waals surface area contributed by atoms with E-state index in [2.05, 4.69) is 11.2 Å². The third-order valence-corrected chi connectivity index (χ3v) is 3.42. The highest BCUT2D eigenvalue weighted by molar-refractivity contribution is 6.34. The Morgan fingerprint density at radius 3 is 2.87 bits per heavy atom. The zero-order chi connectivity index (χ0) is 10.6. The van der Waals surface area contributed by atoms with Crippen LogP contribution in [-0.2, 0) is 12.6 Å². The van der Waals surface area contributed by atoms with Crippen LogP contribution in [0.1, 0.15) is 18.4 Å². The number of aryl methyl sites for hydroxylation is 1. The maximum absolute atomic E-state index is 6.23. The number of hydrogen-bond donors (Lipinski definition) is 1. The Kier molecular flexibility index (Phi) is 1.68. The van der Waals surface area contributed by atoms with Crippen molar-refractivity contribution in [1.29, 1.82) is 0 Å². The molecule has 0 amide bonds. The van der Waals surface area contributed by atoms with Crippen LogP contribution in [0.15, 0.2) is 18.2 Å². The van der Waals surface area contributed by atoms with Crippen LogP contribution in [0.5, 0.6) is 0 Å². The standard InChI is InChI=1S/C11H12ClN3/c1-15-9-7(10(12)14-15)3-2-4-8(9)11(13)5-6-11/h2-4H,5-6,13H2,1H3. The van der Waals surface area contributed by atoms with Crippen molar-refractivity contribution in [3.05, 3.63) is 28.9 Å². The third-order valence-electron chi connectivity index (χ3n) is 3.14. The summed E-state index contributed by atoms with van der Waals surface area (Å²) in [6.45, 7) is 0. The van der Waals surface area contributed by atoms with Gasteiger partial charge in [-0.2, -0.15) is 5.10 Å². The average molecular weight is 222 g/mol. The number of halogens is 1. The van der Waals surface area contributed by atoms with E-state index < -0.39 is 0 Å². The zero-order valence-corrected chi connectivity index (χ0v) is 9.25. The van der Waals surface area contributed by atoms with Gasteiger partial charge < -0.3 is 5.73 Å². The Labute approximate surface area is 92.8 Å². The molecule has 3 nitrogen and oxygen atoms in total. The van der Waals surface area contributed by atoms with E-state index in [0.717, 1.165) is 23.7 Å². The number of benzene rings is 1. The van der Waals surface area contributed by atoms with Gasteiger partial charge in [-0.05, 0) is 24.5 Å². The van der Waals surface area contributed by atoms with Gasteiger partial charge in [-0.3, -0.25) is 4.68 Å². The first-order valence-electron chi connectivity index (χ1n) is 5.02. The van der Waals surface area contributed by atoms with E-state index in [0.29, 0.717) is 5.15 Å². The van der Waals surface area contributed by atoms with Gasteiger partial charge in [-0.1, -0.05) is 23.7 Å². The molecule has 15 heavy (non-hydrogen) atoms. The molecule has 0 radical (unpaired) electrons. The molecule has 0 atom stereocenters. The van der Waals surface area contributed by atoms with Crippen LogP contribution >= 0.6 is 11.6 Å². The summed E-state index contributed by atoms with van der Waals surface area (Å²) in [6, 6.07) is 6.06. The summed E-state index contributed by atoms with van der Waals surface area (Å²) < 4.78 is 1.82. The second kappa shape index (κ2) is 2.74. The van der Waals surface area contributed by atoms with Gasteiger partial charge in [0, 0.05) is 18.0 Å². The van der Waals surface area contributed by atoms with Crippen molar-refractivity contribution < 1.29 is 0 Å². The molecule has 1 saturated carbocycles. The molecule has 2 aromatic rings. The molecule has 1 heterocycles. The summed E-state index contributed by atoms with van der Waals surface area (Å²) in [4.78, 5) is 0. The Morgan fingerprint density at radius 1 is 1.47 bits per heavy atom. The van der Waals surface area contributed by atoms with Crippen molar-refractivity contribution in [2.24, 2.45) is 12.8 Å². The van der Waals surface area contributed by atoms with Gasteiger partial charge in [0.2, 0.25) is 0 Å². The average Bonchev–Trinajstić information content (AvgIpc) is 2.89. The van der Waals surface area contributed by atoms with Crippen molar-refractivity contribution in [3.8, 4) is 0 Å². The normalized spacial score (nSPS) is 18.3. The van der Waals surface area contributed by atoms with E-state index in [9.17, 15) is 0 Å². The highest BCUT2D eigenvalue weighted by atomic mass is 35.5. The number of rotatable bonds is 1. The van der Waals surface area contributed by atoms with E-state index in [1.165, 1.54) is 5.56 Å². The van der Waals surface area contributed by atoms with E-state index in [1.807, 2.05) is 23.9 Å². The Morgan fingerprint density at radius 2 is 2.20 bits per heavy atom. The second-order valence-corrected chi connectivity index (χ2v) is 4.63. The quantitative estimate of drug-likeness (QED) is 0.802. The topological polar surface area (TPSA) is 43.8 Å². The number of nitrogens with two attached hydrogens (primary N) is 1. The predicted molar refractivity (Wildman–Crippen MR) is 60.8 cm³/mol. The van der Waals surface area contributed by atoms with Crippen LogP contribution in [0, 0.1) is 0 Å². The molecule has 4 heteroatoms. The molecule has 0 spiro atoms. The van der Waals surface area contributed by atoms with Crippen LogP contribution in [0.2, 0.25) is 5.15 Å². The van der Waals surface area contributed by atoms with E-state index in [1.54, 1.807) is 0 Å². The molecule has 78 valence electrons.